The van der Waals surface area contributed by atoms with Gasteiger partial charge in [0.1, 0.15) is 6.10 Å². The van der Waals surface area contributed by atoms with Crippen molar-refractivity contribution in [1.82, 2.24) is 16.0 Å². The number of nitrogens with one attached hydrogen (secondary N) is 3. The summed E-state index contributed by atoms with van der Waals surface area (Å²) in [6.07, 6.45) is 6.25. The van der Waals surface area contributed by atoms with Crippen molar-refractivity contribution in [1.29, 1.82) is 5.26 Å². The van der Waals surface area contributed by atoms with Gasteiger partial charge in [0, 0.05) is 23.7 Å². The minimum Gasteiger partial charge on any atom is -0.424 e. The highest BCUT2D eigenvalue weighted by Crippen LogP contribution is 2.46. The molecule has 2 rings (SSSR count). The van der Waals surface area contributed by atoms with E-state index >= 15 is 0 Å². The maximum Gasteiger partial charge on any atom is 0.315 e. The van der Waals surface area contributed by atoms with Gasteiger partial charge in [-0.3, -0.25) is 0 Å². The number of hydrogen-bond donors (Lipinski definition) is 3. The van der Waals surface area contributed by atoms with Crippen LogP contribution in [0.2, 0.25) is 0 Å². The third-order valence-corrected chi connectivity index (χ3v) is 5.83. The Bertz CT molecular complexity index is 577. The Labute approximate surface area is 164 Å². The lowest BCUT2D eigenvalue weighted by Gasteiger charge is -2.47. The van der Waals surface area contributed by atoms with Gasteiger partial charge < -0.3 is 20.7 Å². The standard InChI is InChI=1S/C21H38N4O2/c1-18(2)10-16(27-14-22)11-21(7,12-18)13-23-17(26)24-15-8-19(3,4)25-20(5,6)9-15/h15-16,25H,8-13H2,1-7H3,(H2,23,24,26). The first-order chi connectivity index (χ1) is 12.2. The Morgan fingerprint density at radius 2 is 1.67 bits per heavy atom. The number of piperidine rings is 1. The van der Waals surface area contributed by atoms with E-state index in [2.05, 4.69) is 64.4 Å². The van der Waals surface area contributed by atoms with Crippen molar-refractivity contribution in [3.63, 3.8) is 0 Å². The molecule has 2 amide bonds. The van der Waals surface area contributed by atoms with Gasteiger partial charge in [0.2, 0.25) is 0 Å². The third-order valence-electron chi connectivity index (χ3n) is 5.83. The maximum atomic E-state index is 12.6. The van der Waals surface area contributed by atoms with E-state index in [9.17, 15) is 4.79 Å². The van der Waals surface area contributed by atoms with Gasteiger partial charge in [-0.1, -0.05) is 20.8 Å². The monoisotopic (exact) mass is 378 g/mol. The van der Waals surface area contributed by atoms with E-state index in [4.69, 9.17) is 10.00 Å². The first kappa shape index (κ1) is 21.8. The van der Waals surface area contributed by atoms with Gasteiger partial charge in [-0.05, 0) is 70.6 Å². The molecule has 0 radical (unpaired) electrons. The average Bonchev–Trinajstić information content (AvgIpc) is 2.40. The fourth-order valence-corrected chi connectivity index (χ4v) is 5.78. The lowest BCUT2D eigenvalue weighted by atomic mass is 9.63. The van der Waals surface area contributed by atoms with Crippen molar-refractivity contribution in [2.75, 3.05) is 6.54 Å². The highest BCUT2D eigenvalue weighted by molar-refractivity contribution is 5.74. The molecule has 0 spiro atoms. The molecule has 2 unspecified atom stereocenters. The van der Waals surface area contributed by atoms with Crippen molar-refractivity contribution in [3.05, 3.63) is 0 Å². The van der Waals surface area contributed by atoms with Crippen molar-refractivity contribution in [2.45, 2.75) is 104 Å². The van der Waals surface area contributed by atoms with E-state index in [1.165, 1.54) is 0 Å². The summed E-state index contributed by atoms with van der Waals surface area (Å²) in [4.78, 5) is 12.6. The van der Waals surface area contributed by atoms with Gasteiger partial charge in [-0.15, -0.1) is 0 Å². The largest absolute Gasteiger partial charge is 0.424 e. The molecular weight excluding hydrogens is 340 g/mol. The smallest absolute Gasteiger partial charge is 0.315 e. The molecule has 2 aliphatic rings. The second-order valence-corrected chi connectivity index (χ2v) is 11.2. The van der Waals surface area contributed by atoms with Gasteiger partial charge in [0.15, 0.2) is 0 Å². The molecule has 1 aliphatic carbocycles. The molecular formula is C21H38N4O2. The van der Waals surface area contributed by atoms with Crippen molar-refractivity contribution < 1.29 is 9.53 Å². The number of rotatable bonds is 4. The van der Waals surface area contributed by atoms with Crippen LogP contribution in [0.4, 0.5) is 4.79 Å². The molecule has 2 atom stereocenters. The van der Waals surface area contributed by atoms with E-state index in [1.54, 1.807) is 0 Å². The normalized spacial score (nSPS) is 32.1. The third kappa shape index (κ3) is 6.57. The molecule has 0 aromatic rings. The fourth-order valence-electron chi connectivity index (χ4n) is 5.78. The van der Waals surface area contributed by atoms with Crippen LogP contribution in [0.5, 0.6) is 0 Å². The quantitative estimate of drug-likeness (QED) is 0.651. The van der Waals surface area contributed by atoms with Crippen LogP contribution in [0.25, 0.3) is 0 Å². The summed E-state index contributed by atoms with van der Waals surface area (Å²) < 4.78 is 5.26. The Kier molecular flexibility index (Phi) is 6.06. The topological polar surface area (TPSA) is 86.2 Å². The molecule has 1 saturated carbocycles. The molecule has 0 aromatic carbocycles. The summed E-state index contributed by atoms with van der Waals surface area (Å²) >= 11 is 0. The molecule has 2 fully saturated rings. The number of nitrogens with zero attached hydrogens (tertiary/aromatic N) is 1. The summed E-state index contributed by atoms with van der Waals surface area (Å²) in [5, 5.41) is 18.8. The molecule has 1 aliphatic heterocycles. The zero-order chi connectivity index (χ0) is 20.5. The number of amides is 2. The summed E-state index contributed by atoms with van der Waals surface area (Å²) in [5.41, 5.74) is 0.0187. The van der Waals surface area contributed by atoms with Crippen LogP contribution in [-0.4, -0.2) is 35.8 Å². The van der Waals surface area contributed by atoms with Crippen LogP contribution >= 0.6 is 0 Å². The lowest BCUT2D eigenvalue weighted by Crippen LogP contribution is -2.63. The number of ether oxygens (including phenoxy) is 1. The number of hydrogen-bond acceptors (Lipinski definition) is 4. The SMILES string of the molecule is CC1(C)CC(OC#N)CC(C)(CNC(=O)NC2CC(C)(C)NC(C)(C)C2)C1. The molecule has 6 nitrogen and oxygen atoms in total. The van der Waals surface area contributed by atoms with Gasteiger partial charge in [-0.2, -0.15) is 5.26 Å². The van der Waals surface area contributed by atoms with E-state index in [0.717, 1.165) is 32.1 Å². The Morgan fingerprint density at radius 1 is 1.07 bits per heavy atom. The van der Waals surface area contributed by atoms with Crippen molar-refractivity contribution >= 4 is 6.03 Å². The van der Waals surface area contributed by atoms with Crippen LogP contribution in [0.1, 0.15) is 80.6 Å². The summed E-state index contributed by atoms with van der Waals surface area (Å²) in [5.74, 6) is 0. The van der Waals surface area contributed by atoms with Crippen LogP contribution in [0, 0.1) is 22.3 Å². The lowest BCUT2D eigenvalue weighted by molar-refractivity contribution is -0.00962. The van der Waals surface area contributed by atoms with E-state index in [1.807, 2.05) is 6.26 Å². The van der Waals surface area contributed by atoms with E-state index in [-0.39, 0.29) is 40.1 Å². The minimum atomic E-state index is -0.101. The molecule has 6 heteroatoms. The Hall–Kier alpha value is -1.48. The molecule has 154 valence electrons. The first-order valence-corrected chi connectivity index (χ1v) is 10.1. The van der Waals surface area contributed by atoms with E-state index in [0.29, 0.717) is 6.54 Å². The van der Waals surface area contributed by atoms with Crippen LogP contribution in [-0.2, 0) is 4.74 Å². The first-order valence-electron chi connectivity index (χ1n) is 10.1. The van der Waals surface area contributed by atoms with Crippen molar-refractivity contribution in [2.24, 2.45) is 10.8 Å². The van der Waals surface area contributed by atoms with Gasteiger partial charge in [0.05, 0.1) is 0 Å². The van der Waals surface area contributed by atoms with Crippen LogP contribution in [0.15, 0.2) is 0 Å². The fraction of sp³-hybridized carbons (Fsp3) is 0.905. The van der Waals surface area contributed by atoms with Crippen LogP contribution < -0.4 is 16.0 Å². The second kappa shape index (κ2) is 7.50. The average molecular weight is 379 g/mol. The molecule has 3 N–H and O–H groups in total. The summed E-state index contributed by atoms with van der Waals surface area (Å²) in [6, 6.07) is 0.0531. The van der Waals surface area contributed by atoms with Gasteiger partial charge in [-0.25, -0.2) is 4.79 Å². The molecule has 0 bridgehead atoms. The Balaban J connectivity index is 1.91. The van der Waals surface area contributed by atoms with Gasteiger partial charge >= 0.3 is 6.03 Å². The second-order valence-electron chi connectivity index (χ2n) is 11.2. The van der Waals surface area contributed by atoms with Crippen LogP contribution in [0.3, 0.4) is 0 Å². The summed E-state index contributed by atoms with van der Waals surface area (Å²) in [7, 11) is 0. The molecule has 0 aromatic heterocycles. The molecule has 27 heavy (non-hydrogen) atoms. The number of nitriles is 1. The number of urea groups is 1. The van der Waals surface area contributed by atoms with Crippen molar-refractivity contribution in [3.8, 4) is 6.26 Å². The number of carbonyl (C=O) groups is 1. The highest BCUT2D eigenvalue weighted by Gasteiger charge is 2.43. The minimum absolute atomic E-state index is 0.000917. The summed E-state index contributed by atoms with van der Waals surface area (Å²) in [6.45, 7) is 15.9. The predicted octanol–water partition coefficient (Wildman–Crippen LogP) is 3.68. The Morgan fingerprint density at radius 3 is 2.22 bits per heavy atom. The molecule has 1 heterocycles. The predicted molar refractivity (Wildman–Crippen MR) is 107 cm³/mol. The maximum absolute atomic E-state index is 12.6. The number of carbonyl (C=O) groups excluding carboxylic acids is 1. The zero-order valence-corrected chi connectivity index (χ0v) is 18.2. The van der Waals surface area contributed by atoms with E-state index < -0.39 is 0 Å². The molecule has 1 saturated heterocycles. The highest BCUT2D eigenvalue weighted by atomic mass is 16.5. The van der Waals surface area contributed by atoms with Gasteiger partial charge in [0.25, 0.3) is 6.26 Å². The zero-order valence-electron chi connectivity index (χ0n) is 18.2.